The summed E-state index contributed by atoms with van der Waals surface area (Å²) < 4.78 is 4.83. The number of carboxylic acids is 1. The molecule has 0 bridgehead atoms. The van der Waals surface area contributed by atoms with E-state index < -0.39 is 36.0 Å². The van der Waals surface area contributed by atoms with E-state index in [1.54, 1.807) is 20.8 Å². The summed E-state index contributed by atoms with van der Waals surface area (Å²) in [5.41, 5.74) is 4.15. The van der Waals surface area contributed by atoms with Gasteiger partial charge >= 0.3 is 6.09 Å². The molecule has 1 atom stereocenters. The molecule has 0 unspecified atom stereocenters. The standard InChI is InChI=1S/C9H16N2O5/c1-9(2,3)16-8(15)11-5(7(10)14)4-6(12)13/h5H,4H2,1-3H3,(H2,10,14)(H,11,15)(H,12,13)/p-1/t5-/m0/s1. The normalized spacial score (nSPS) is 12.7. The van der Waals surface area contributed by atoms with Crippen molar-refractivity contribution in [3.05, 3.63) is 0 Å². The lowest BCUT2D eigenvalue weighted by Crippen LogP contribution is -2.48. The summed E-state index contributed by atoms with van der Waals surface area (Å²) in [6.45, 7) is 4.89. The number of rotatable bonds is 4. The van der Waals surface area contributed by atoms with Gasteiger partial charge in [-0.15, -0.1) is 0 Å². The molecule has 0 spiro atoms. The number of ether oxygens (including phenoxy) is 1. The van der Waals surface area contributed by atoms with Crippen molar-refractivity contribution < 1.29 is 24.2 Å². The zero-order valence-electron chi connectivity index (χ0n) is 9.40. The van der Waals surface area contributed by atoms with Crippen molar-refractivity contribution in [1.29, 1.82) is 0 Å². The van der Waals surface area contributed by atoms with Crippen LogP contribution >= 0.6 is 0 Å². The lowest BCUT2D eigenvalue weighted by atomic mass is 10.2. The van der Waals surface area contributed by atoms with E-state index in [0.29, 0.717) is 0 Å². The van der Waals surface area contributed by atoms with Gasteiger partial charge in [0.05, 0.1) is 0 Å². The van der Waals surface area contributed by atoms with Gasteiger partial charge in [-0.2, -0.15) is 0 Å². The molecule has 7 heteroatoms. The fourth-order valence-corrected chi connectivity index (χ4v) is 0.839. The van der Waals surface area contributed by atoms with E-state index in [2.05, 4.69) is 0 Å². The number of hydrogen-bond acceptors (Lipinski definition) is 5. The highest BCUT2D eigenvalue weighted by Crippen LogP contribution is 2.07. The molecule has 92 valence electrons. The maximum absolute atomic E-state index is 11.2. The third-order valence-electron chi connectivity index (χ3n) is 1.41. The Labute approximate surface area is 92.9 Å². The first-order valence-corrected chi connectivity index (χ1v) is 4.60. The number of hydrogen-bond donors (Lipinski definition) is 2. The van der Waals surface area contributed by atoms with Crippen molar-refractivity contribution in [3.63, 3.8) is 0 Å². The largest absolute Gasteiger partial charge is 0.550 e. The number of carbonyl (C=O) groups excluding carboxylic acids is 3. The number of aliphatic carboxylic acids is 1. The van der Waals surface area contributed by atoms with Crippen LogP contribution in [0.4, 0.5) is 4.79 Å². The van der Waals surface area contributed by atoms with Crippen molar-refractivity contribution in [1.82, 2.24) is 5.32 Å². The molecule has 0 aromatic carbocycles. The number of nitrogens with one attached hydrogen (secondary N) is 1. The van der Waals surface area contributed by atoms with Crippen molar-refractivity contribution in [2.24, 2.45) is 5.73 Å². The molecule has 0 aliphatic heterocycles. The number of alkyl carbamates (subject to hydrolysis) is 1. The van der Waals surface area contributed by atoms with Gasteiger partial charge in [0.2, 0.25) is 5.91 Å². The number of amides is 2. The molecule has 0 aromatic rings. The second kappa shape index (κ2) is 5.34. The van der Waals surface area contributed by atoms with Gasteiger partial charge in [-0.3, -0.25) is 4.79 Å². The van der Waals surface area contributed by atoms with Crippen LogP contribution in [0.2, 0.25) is 0 Å². The third kappa shape index (κ3) is 6.63. The summed E-state index contributed by atoms with van der Waals surface area (Å²) in [5.74, 6) is -2.45. The van der Waals surface area contributed by atoms with E-state index in [9.17, 15) is 19.5 Å². The summed E-state index contributed by atoms with van der Waals surface area (Å²) in [6, 6.07) is -1.33. The maximum Gasteiger partial charge on any atom is 0.408 e. The van der Waals surface area contributed by atoms with Gasteiger partial charge in [0.1, 0.15) is 11.6 Å². The van der Waals surface area contributed by atoms with Crippen molar-refractivity contribution in [3.8, 4) is 0 Å². The molecule has 0 saturated carbocycles. The van der Waals surface area contributed by atoms with Gasteiger partial charge in [-0.25, -0.2) is 4.79 Å². The SMILES string of the molecule is CC(C)(C)OC(=O)N[C@@H](CC(=O)[O-])C(N)=O. The van der Waals surface area contributed by atoms with Crippen molar-refractivity contribution in [2.45, 2.75) is 38.8 Å². The van der Waals surface area contributed by atoms with E-state index >= 15 is 0 Å². The first-order chi connectivity index (χ1) is 7.11. The molecular formula is C9H15N2O5-. The predicted octanol–water partition coefficient (Wildman–Crippen LogP) is -1.49. The van der Waals surface area contributed by atoms with E-state index in [0.717, 1.165) is 0 Å². The van der Waals surface area contributed by atoms with E-state index in [4.69, 9.17) is 10.5 Å². The highest BCUT2D eigenvalue weighted by atomic mass is 16.6. The first-order valence-electron chi connectivity index (χ1n) is 4.60. The second-order valence-corrected chi connectivity index (χ2v) is 4.18. The minimum absolute atomic E-state index is 0.686. The number of nitrogens with two attached hydrogens (primary N) is 1. The Hall–Kier alpha value is -1.79. The fourth-order valence-electron chi connectivity index (χ4n) is 0.839. The summed E-state index contributed by atoms with van der Waals surface area (Å²) in [5, 5.41) is 12.3. The lowest BCUT2D eigenvalue weighted by molar-refractivity contribution is -0.306. The molecule has 0 fully saturated rings. The maximum atomic E-state index is 11.2. The van der Waals surface area contributed by atoms with Crippen molar-refractivity contribution in [2.75, 3.05) is 0 Å². The molecule has 0 aliphatic carbocycles. The average Bonchev–Trinajstić information content (AvgIpc) is 1.97. The fraction of sp³-hybridized carbons (Fsp3) is 0.667. The molecule has 7 nitrogen and oxygen atoms in total. The smallest absolute Gasteiger partial charge is 0.408 e. The van der Waals surface area contributed by atoms with Gasteiger partial charge in [-0.05, 0) is 20.8 Å². The molecule has 2 amide bonds. The van der Waals surface area contributed by atoms with Gasteiger partial charge in [-0.1, -0.05) is 0 Å². The third-order valence-corrected chi connectivity index (χ3v) is 1.41. The zero-order valence-corrected chi connectivity index (χ0v) is 9.40. The molecular weight excluding hydrogens is 216 g/mol. The average molecular weight is 231 g/mol. The number of carbonyl (C=O) groups is 3. The van der Waals surface area contributed by atoms with Crippen LogP contribution in [-0.2, 0) is 14.3 Å². The van der Waals surface area contributed by atoms with E-state index in [-0.39, 0.29) is 0 Å². The molecule has 0 saturated heterocycles. The summed E-state index contributed by atoms with van der Waals surface area (Å²) in [7, 11) is 0. The van der Waals surface area contributed by atoms with Gasteiger partial charge in [0.15, 0.2) is 0 Å². The van der Waals surface area contributed by atoms with Crippen LogP contribution in [0.25, 0.3) is 0 Å². The topological polar surface area (TPSA) is 122 Å². The highest BCUT2D eigenvalue weighted by molar-refractivity contribution is 5.87. The molecule has 0 aliphatic rings. The summed E-state index contributed by atoms with van der Waals surface area (Å²) in [6.07, 6.45) is -1.59. The van der Waals surface area contributed by atoms with Crippen LogP contribution in [0.5, 0.6) is 0 Å². The predicted molar refractivity (Wildman–Crippen MR) is 52.0 cm³/mol. The molecule has 3 N–H and O–H groups in total. The van der Waals surface area contributed by atoms with Crippen LogP contribution in [0.3, 0.4) is 0 Å². The Bertz CT molecular complexity index is 295. The second-order valence-electron chi connectivity index (χ2n) is 4.18. The summed E-state index contributed by atoms with van der Waals surface area (Å²) in [4.78, 5) is 32.3. The lowest BCUT2D eigenvalue weighted by Gasteiger charge is -2.22. The van der Waals surface area contributed by atoms with Crippen LogP contribution in [0.15, 0.2) is 0 Å². The van der Waals surface area contributed by atoms with Crippen LogP contribution in [0.1, 0.15) is 27.2 Å². The van der Waals surface area contributed by atoms with Crippen LogP contribution in [-0.4, -0.2) is 29.6 Å². The number of carboxylic acid groups (broad SMARTS) is 1. The molecule has 0 rings (SSSR count). The minimum Gasteiger partial charge on any atom is -0.550 e. The molecule has 0 aromatic heterocycles. The quantitative estimate of drug-likeness (QED) is 0.610. The highest BCUT2D eigenvalue weighted by Gasteiger charge is 2.22. The first kappa shape index (κ1) is 14.2. The van der Waals surface area contributed by atoms with Crippen molar-refractivity contribution >= 4 is 18.0 Å². The summed E-state index contributed by atoms with van der Waals surface area (Å²) >= 11 is 0. The Morgan fingerprint density at radius 1 is 1.38 bits per heavy atom. The van der Waals surface area contributed by atoms with Gasteiger partial charge < -0.3 is 25.7 Å². The Morgan fingerprint density at radius 3 is 2.19 bits per heavy atom. The van der Waals surface area contributed by atoms with Crippen LogP contribution < -0.4 is 16.2 Å². The van der Waals surface area contributed by atoms with E-state index in [1.165, 1.54) is 0 Å². The molecule has 16 heavy (non-hydrogen) atoms. The van der Waals surface area contributed by atoms with E-state index in [1.807, 2.05) is 5.32 Å². The zero-order chi connectivity index (χ0) is 12.9. The molecule has 0 radical (unpaired) electrons. The van der Waals surface area contributed by atoms with Gasteiger partial charge in [0, 0.05) is 12.4 Å². The van der Waals surface area contributed by atoms with Crippen LogP contribution in [0, 0.1) is 0 Å². The molecule has 0 heterocycles. The minimum atomic E-state index is -1.49. The Morgan fingerprint density at radius 2 is 1.88 bits per heavy atom. The van der Waals surface area contributed by atoms with Gasteiger partial charge in [0.25, 0.3) is 0 Å². The number of primary amides is 1. The Balaban J connectivity index is 4.35. The Kier molecular flexibility index (Phi) is 4.74. The monoisotopic (exact) mass is 231 g/mol.